The molecule has 1 aliphatic rings. The SMILES string of the molecule is COCCn1cc2c(n1)C(CNC(=O)c1c(C)noc1C)OCC2. The Hall–Kier alpha value is -2.19. The molecule has 1 amide bonds. The molecule has 24 heavy (non-hydrogen) atoms. The third-order valence-electron chi connectivity index (χ3n) is 4.10. The lowest BCUT2D eigenvalue weighted by molar-refractivity contribution is 0.0382. The molecule has 0 aromatic carbocycles. The Kier molecular flexibility index (Phi) is 4.96. The number of amides is 1. The van der Waals surface area contributed by atoms with Crippen LogP contribution in [0.25, 0.3) is 0 Å². The third-order valence-corrected chi connectivity index (χ3v) is 4.10. The standard InChI is InChI=1S/C16H22N4O4/c1-10-14(11(2)24-19-10)16(21)17-8-13-15-12(4-6-23-13)9-20(18-15)5-7-22-3/h9,13H,4-8H2,1-3H3,(H,17,21). The predicted octanol–water partition coefficient (Wildman–Crippen LogP) is 1.18. The van der Waals surface area contributed by atoms with Crippen molar-refractivity contribution in [2.45, 2.75) is 32.9 Å². The van der Waals surface area contributed by atoms with E-state index in [1.807, 2.05) is 10.9 Å². The molecule has 3 rings (SSSR count). The highest BCUT2D eigenvalue weighted by Gasteiger charge is 2.26. The second-order valence-corrected chi connectivity index (χ2v) is 5.81. The van der Waals surface area contributed by atoms with E-state index < -0.39 is 0 Å². The van der Waals surface area contributed by atoms with Crippen molar-refractivity contribution in [2.75, 3.05) is 26.9 Å². The van der Waals surface area contributed by atoms with Crippen LogP contribution in [0.2, 0.25) is 0 Å². The van der Waals surface area contributed by atoms with Gasteiger partial charge >= 0.3 is 0 Å². The number of nitrogens with one attached hydrogen (secondary N) is 1. The first-order valence-corrected chi connectivity index (χ1v) is 7.98. The monoisotopic (exact) mass is 334 g/mol. The van der Waals surface area contributed by atoms with Gasteiger partial charge in [-0.25, -0.2) is 0 Å². The number of aryl methyl sites for hydroxylation is 2. The van der Waals surface area contributed by atoms with Gasteiger partial charge in [0.2, 0.25) is 0 Å². The fraction of sp³-hybridized carbons (Fsp3) is 0.562. The van der Waals surface area contributed by atoms with Crippen LogP contribution < -0.4 is 5.32 Å². The summed E-state index contributed by atoms with van der Waals surface area (Å²) in [7, 11) is 1.67. The number of fused-ring (bicyclic) bond motifs is 1. The van der Waals surface area contributed by atoms with Crippen LogP contribution in [0.15, 0.2) is 10.7 Å². The maximum Gasteiger partial charge on any atom is 0.256 e. The number of ether oxygens (including phenoxy) is 2. The van der Waals surface area contributed by atoms with Crippen molar-refractivity contribution in [2.24, 2.45) is 0 Å². The quantitative estimate of drug-likeness (QED) is 0.853. The molecule has 3 heterocycles. The van der Waals surface area contributed by atoms with E-state index in [-0.39, 0.29) is 12.0 Å². The van der Waals surface area contributed by atoms with Gasteiger partial charge in [0.25, 0.3) is 5.91 Å². The summed E-state index contributed by atoms with van der Waals surface area (Å²) < 4.78 is 17.8. The zero-order chi connectivity index (χ0) is 17.1. The summed E-state index contributed by atoms with van der Waals surface area (Å²) in [5.41, 5.74) is 3.11. The molecular weight excluding hydrogens is 312 g/mol. The molecule has 0 bridgehead atoms. The number of hydrogen-bond acceptors (Lipinski definition) is 6. The molecule has 8 nitrogen and oxygen atoms in total. The van der Waals surface area contributed by atoms with E-state index in [0.717, 1.165) is 17.7 Å². The molecule has 1 N–H and O–H groups in total. The summed E-state index contributed by atoms with van der Waals surface area (Å²) in [5.74, 6) is 0.305. The van der Waals surface area contributed by atoms with Crippen molar-refractivity contribution in [3.63, 3.8) is 0 Å². The van der Waals surface area contributed by atoms with Crippen LogP contribution in [0.4, 0.5) is 0 Å². The van der Waals surface area contributed by atoms with Crippen molar-refractivity contribution in [1.82, 2.24) is 20.3 Å². The van der Waals surface area contributed by atoms with Crippen LogP contribution in [0, 0.1) is 13.8 Å². The van der Waals surface area contributed by atoms with Crippen LogP contribution in [0.5, 0.6) is 0 Å². The number of methoxy groups -OCH3 is 1. The summed E-state index contributed by atoms with van der Waals surface area (Å²) in [6.07, 6.45) is 2.61. The molecule has 0 radical (unpaired) electrons. The Balaban J connectivity index is 1.67. The van der Waals surface area contributed by atoms with E-state index in [1.165, 1.54) is 0 Å². The summed E-state index contributed by atoms with van der Waals surface area (Å²) in [6.45, 7) is 5.75. The molecule has 2 aromatic heterocycles. The van der Waals surface area contributed by atoms with Gasteiger partial charge < -0.3 is 19.3 Å². The highest BCUT2D eigenvalue weighted by atomic mass is 16.5. The molecule has 130 valence electrons. The second kappa shape index (κ2) is 7.14. The molecule has 1 atom stereocenters. The zero-order valence-electron chi connectivity index (χ0n) is 14.2. The minimum atomic E-state index is -0.248. The minimum absolute atomic E-state index is 0.208. The summed E-state index contributed by atoms with van der Waals surface area (Å²) >= 11 is 0. The molecule has 0 saturated carbocycles. The number of hydrogen-bond donors (Lipinski definition) is 1. The lowest BCUT2D eigenvalue weighted by atomic mass is 10.1. The van der Waals surface area contributed by atoms with E-state index in [1.54, 1.807) is 21.0 Å². The van der Waals surface area contributed by atoms with Gasteiger partial charge in [-0.2, -0.15) is 5.10 Å². The Morgan fingerprint density at radius 2 is 2.33 bits per heavy atom. The van der Waals surface area contributed by atoms with Gasteiger partial charge in [0.15, 0.2) is 0 Å². The number of carbonyl (C=O) groups is 1. The fourth-order valence-electron chi connectivity index (χ4n) is 2.87. The predicted molar refractivity (Wildman–Crippen MR) is 84.8 cm³/mol. The zero-order valence-corrected chi connectivity index (χ0v) is 14.2. The highest BCUT2D eigenvalue weighted by Crippen LogP contribution is 2.25. The van der Waals surface area contributed by atoms with Gasteiger partial charge in [0.05, 0.1) is 31.1 Å². The number of rotatable bonds is 6. The average Bonchev–Trinajstić information content (AvgIpc) is 3.13. The van der Waals surface area contributed by atoms with E-state index in [2.05, 4.69) is 15.6 Å². The number of carbonyl (C=O) groups excluding carboxylic acids is 1. The average molecular weight is 334 g/mol. The van der Waals surface area contributed by atoms with E-state index in [4.69, 9.17) is 14.0 Å². The summed E-state index contributed by atoms with van der Waals surface area (Å²) in [4.78, 5) is 12.3. The number of nitrogens with zero attached hydrogens (tertiary/aromatic N) is 3. The fourth-order valence-corrected chi connectivity index (χ4v) is 2.87. The van der Waals surface area contributed by atoms with Gasteiger partial charge in [0.1, 0.15) is 17.4 Å². The molecule has 1 aliphatic heterocycles. The maximum atomic E-state index is 12.3. The van der Waals surface area contributed by atoms with Gasteiger partial charge in [-0.3, -0.25) is 9.48 Å². The molecule has 0 fully saturated rings. The molecular formula is C16H22N4O4. The van der Waals surface area contributed by atoms with Crippen LogP contribution in [0.3, 0.4) is 0 Å². The summed E-state index contributed by atoms with van der Waals surface area (Å²) in [6, 6.07) is 0. The molecule has 2 aromatic rings. The van der Waals surface area contributed by atoms with Gasteiger partial charge in [-0.1, -0.05) is 5.16 Å². The van der Waals surface area contributed by atoms with E-state index >= 15 is 0 Å². The van der Waals surface area contributed by atoms with Gasteiger partial charge in [-0.15, -0.1) is 0 Å². The summed E-state index contributed by atoms with van der Waals surface area (Å²) in [5, 5.41) is 11.3. The molecule has 0 spiro atoms. The molecule has 0 saturated heterocycles. The van der Waals surface area contributed by atoms with Crippen molar-refractivity contribution in [1.29, 1.82) is 0 Å². The van der Waals surface area contributed by atoms with Crippen molar-refractivity contribution < 1.29 is 18.8 Å². The lowest BCUT2D eigenvalue weighted by Crippen LogP contribution is -2.32. The van der Waals surface area contributed by atoms with Crippen LogP contribution >= 0.6 is 0 Å². The van der Waals surface area contributed by atoms with Crippen molar-refractivity contribution in [3.05, 3.63) is 34.5 Å². The Labute approximate surface area is 140 Å². The Bertz CT molecular complexity index is 702. The minimum Gasteiger partial charge on any atom is -0.383 e. The lowest BCUT2D eigenvalue weighted by Gasteiger charge is -2.22. The van der Waals surface area contributed by atoms with E-state index in [9.17, 15) is 4.79 Å². The smallest absolute Gasteiger partial charge is 0.256 e. The second-order valence-electron chi connectivity index (χ2n) is 5.81. The molecule has 1 unspecified atom stereocenters. The third kappa shape index (κ3) is 3.34. The largest absolute Gasteiger partial charge is 0.383 e. The van der Waals surface area contributed by atoms with Crippen LogP contribution in [-0.4, -0.2) is 47.7 Å². The first kappa shape index (κ1) is 16.7. The number of aromatic nitrogens is 3. The van der Waals surface area contributed by atoms with Gasteiger partial charge in [0, 0.05) is 19.9 Å². The maximum absolute atomic E-state index is 12.3. The topological polar surface area (TPSA) is 91.4 Å². The first-order chi connectivity index (χ1) is 11.6. The molecule has 8 heteroatoms. The Morgan fingerprint density at radius 1 is 1.50 bits per heavy atom. The Morgan fingerprint density at radius 3 is 3.04 bits per heavy atom. The van der Waals surface area contributed by atoms with Crippen molar-refractivity contribution >= 4 is 5.91 Å². The molecule has 0 aliphatic carbocycles. The highest BCUT2D eigenvalue weighted by molar-refractivity contribution is 5.96. The van der Waals surface area contributed by atoms with Crippen molar-refractivity contribution in [3.8, 4) is 0 Å². The van der Waals surface area contributed by atoms with Crippen LogP contribution in [-0.2, 0) is 22.4 Å². The normalized spacial score (nSPS) is 16.9. The van der Waals surface area contributed by atoms with Crippen LogP contribution in [0.1, 0.15) is 39.2 Å². The first-order valence-electron chi connectivity index (χ1n) is 7.98. The van der Waals surface area contributed by atoms with E-state index in [0.29, 0.717) is 43.3 Å². The van der Waals surface area contributed by atoms with Gasteiger partial charge in [-0.05, 0) is 25.8 Å².